The van der Waals surface area contributed by atoms with Gasteiger partial charge in [-0.25, -0.2) is 9.79 Å². The van der Waals surface area contributed by atoms with E-state index in [0.717, 1.165) is 5.56 Å². The zero-order chi connectivity index (χ0) is 15.8. The van der Waals surface area contributed by atoms with Gasteiger partial charge in [0.15, 0.2) is 0 Å². The molecule has 1 aromatic carbocycles. The summed E-state index contributed by atoms with van der Waals surface area (Å²) in [7, 11) is 6.47. The van der Waals surface area contributed by atoms with E-state index in [9.17, 15) is 4.79 Å². The van der Waals surface area contributed by atoms with Crippen molar-refractivity contribution < 1.29 is 19.0 Å². The van der Waals surface area contributed by atoms with E-state index in [4.69, 9.17) is 9.47 Å². The number of esters is 1. The average molecular weight is 292 g/mol. The van der Waals surface area contributed by atoms with Gasteiger partial charge in [0, 0.05) is 20.2 Å². The second-order valence-electron chi connectivity index (χ2n) is 4.47. The quantitative estimate of drug-likeness (QED) is 0.265. The van der Waals surface area contributed by atoms with Crippen molar-refractivity contribution in [2.24, 2.45) is 4.99 Å². The summed E-state index contributed by atoms with van der Waals surface area (Å²) in [5.74, 6) is -0.132. The van der Waals surface area contributed by atoms with Gasteiger partial charge < -0.3 is 19.1 Å². The molecule has 1 aromatic rings. The summed E-state index contributed by atoms with van der Waals surface area (Å²) in [6, 6.07) is 5.46. The lowest BCUT2D eigenvalue weighted by Gasteiger charge is -2.11. The number of hydrogen-bond acceptors (Lipinski definition) is 5. The number of carbonyl (C=O) groups excluding carboxylic acids is 1. The standard InChI is InChI=1S/C15H20N2O4/c1-11-6-7-12(16-10-17(2)3)8-13(11)21-14(9-19-4)15(18)20-5/h6-10H,1-5H3/b14-9-,16-10+. The summed E-state index contributed by atoms with van der Waals surface area (Å²) in [5.41, 5.74) is 1.58. The Hall–Kier alpha value is -2.50. The number of hydrogen-bond donors (Lipinski definition) is 0. The fraction of sp³-hybridized carbons (Fsp3) is 0.333. The van der Waals surface area contributed by atoms with Crippen LogP contribution in [0.5, 0.6) is 5.75 Å². The van der Waals surface area contributed by atoms with Crippen molar-refractivity contribution in [3.05, 3.63) is 35.8 Å². The van der Waals surface area contributed by atoms with Crippen molar-refractivity contribution in [2.45, 2.75) is 6.92 Å². The van der Waals surface area contributed by atoms with Crippen LogP contribution in [0.1, 0.15) is 5.56 Å². The van der Waals surface area contributed by atoms with Gasteiger partial charge in [-0.05, 0) is 18.6 Å². The molecule has 6 nitrogen and oxygen atoms in total. The number of benzene rings is 1. The van der Waals surface area contributed by atoms with Crippen LogP contribution in [0.15, 0.2) is 35.2 Å². The summed E-state index contributed by atoms with van der Waals surface area (Å²) < 4.78 is 15.0. The second kappa shape index (κ2) is 7.94. The third-order valence-electron chi connectivity index (χ3n) is 2.44. The first-order valence-electron chi connectivity index (χ1n) is 6.28. The van der Waals surface area contributed by atoms with Crippen LogP contribution in [0.3, 0.4) is 0 Å². The van der Waals surface area contributed by atoms with Crippen molar-refractivity contribution in [1.82, 2.24) is 4.90 Å². The molecule has 0 N–H and O–H groups in total. The van der Waals surface area contributed by atoms with Gasteiger partial charge in [0.1, 0.15) is 12.0 Å². The minimum atomic E-state index is -0.613. The minimum Gasteiger partial charge on any atom is -0.500 e. The first kappa shape index (κ1) is 16.6. The third-order valence-corrected chi connectivity index (χ3v) is 2.44. The van der Waals surface area contributed by atoms with Crippen molar-refractivity contribution in [3.8, 4) is 5.75 Å². The molecule has 21 heavy (non-hydrogen) atoms. The monoisotopic (exact) mass is 292 g/mol. The third kappa shape index (κ3) is 5.18. The summed E-state index contributed by atoms with van der Waals surface area (Å²) in [6.07, 6.45) is 2.88. The molecule has 1 rings (SSSR count). The number of methoxy groups -OCH3 is 2. The van der Waals surface area contributed by atoms with Gasteiger partial charge in [0.05, 0.1) is 26.2 Å². The largest absolute Gasteiger partial charge is 0.500 e. The Morgan fingerprint density at radius 2 is 2.00 bits per heavy atom. The van der Waals surface area contributed by atoms with Crippen LogP contribution < -0.4 is 4.74 Å². The van der Waals surface area contributed by atoms with E-state index in [0.29, 0.717) is 11.4 Å². The van der Waals surface area contributed by atoms with Gasteiger partial charge in [-0.3, -0.25) is 0 Å². The molecule has 0 unspecified atom stereocenters. The van der Waals surface area contributed by atoms with Gasteiger partial charge in [0.25, 0.3) is 0 Å². The first-order valence-corrected chi connectivity index (χ1v) is 6.28. The van der Waals surface area contributed by atoms with Crippen molar-refractivity contribution in [1.29, 1.82) is 0 Å². The lowest BCUT2D eigenvalue weighted by molar-refractivity contribution is -0.138. The van der Waals surface area contributed by atoms with Crippen LogP contribution in [0.25, 0.3) is 0 Å². The highest BCUT2D eigenvalue weighted by atomic mass is 16.6. The molecule has 0 saturated heterocycles. The lowest BCUT2D eigenvalue weighted by atomic mass is 10.2. The Labute approximate surface area is 124 Å². The van der Waals surface area contributed by atoms with E-state index in [1.54, 1.807) is 12.4 Å². The lowest BCUT2D eigenvalue weighted by Crippen LogP contribution is -2.11. The molecule has 0 fully saturated rings. The molecule has 0 aliphatic rings. The fourth-order valence-electron chi connectivity index (χ4n) is 1.40. The molecule has 0 aliphatic carbocycles. The van der Waals surface area contributed by atoms with Crippen LogP contribution in [0.2, 0.25) is 0 Å². The number of aryl methyl sites for hydroxylation is 1. The maximum Gasteiger partial charge on any atom is 0.377 e. The molecule has 0 radical (unpaired) electrons. The molecule has 6 heteroatoms. The van der Waals surface area contributed by atoms with Crippen molar-refractivity contribution in [2.75, 3.05) is 28.3 Å². The molecule has 114 valence electrons. The van der Waals surface area contributed by atoms with E-state index < -0.39 is 5.97 Å². The van der Waals surface area contributed by atoms with E-state index in [1.165, 1.54) is 20.5 Å². The molecule has 0 saturated carbocycles. The summed E-state index contributed by atoms with van der Waals surface area (Å²) in [4.78, 5) is 17.7. The van der Waals surface area contributed by atoms with E-state index in [-0.39, 0.29) is 5.76 Å². The topological polar surface area (TPSA) is 60.4 Å². The minimum absolute atomic E-state index is 0.0307. The number of rotatable bonds is 6. The molecule has 0 aromatic heterocycles. The van der Waals surface area contributed by atoms with E-state index >= 15 is 0 Å². The van der Waals surface area contributed by atoms with Gasteiger partial charge in [-0.2, -0.15) is 0 Å². The van der Waals surface area contributed by atoms with Crippen molar-refractivity contribution >= 4 is 18.0 Å². The Morgan fingerprint density at radius 3 is 2.57 bits per heavy atom. The molecule has 0 bridgehead atoms. The molecule has 0 aliphatic heterocycles. The predicted octanol–water partition coefficient (Wildman–Crippen LogP) is 2.26. The Kier molecular flexibility index (Phi) is 6.26. The summed E-state index contributed by atoms with van der Waals surface area (Å²) >= 11 is 0. The molecular formula is C15H20N2O4. The summed E-state index contributed by atoms with van der Waals surface area (Å²) in [6.45, 7) is 1.87. The second-order valence-corrected chi connectivity index (χ2v) is 4.47. The Morgan fingerprint density at radius 1 is 1.29 bits per heavy atom. The van der Waals surface area contributed by atoms with Crippen LogP contribution in [0, 0.1) is 6.92 Å². The number of nitrogens with zero attached hydrogens (tertiary/aromatic N) is 2. The molecular weight excluding hydrogens is 272 g/mol. The van der Waals surface area contributed by atoms with Crippen LogP contribution >= 0.6 is 0 Å². The fourth-order valence-corrected chi connectivity index (χ4v) is 1.40. The summed E-state index contributed by atoms with van der Waals surface area (Å²) in [5, 5.41) is 0. The SMILES string of the molecule is CO/C=C(\Oc1cc(/N=C/N(C)C)ccc1C)C(=O)OC. The number of aliphatic imine (C=N–C) groups is 1. The molecule has 0 atom stereocenters. The molecule has 0 amide bonds. The van der Waals surface area contributed by atoms with Gasteiger partial charge >= 0.3 is 5.97 Å². The highest BCUT2D eigenvalue weighted by Crippen LogP contribution is 2.26. The smallest absolute Gasteiger partial charge is 0.377 e. The maximum absolute atomic E-state index is 11.6. The predicted molar refractivity (Wildman–Crippen MR) is 80.8 cm³/mol. The van der Waals surface area contributed by atoms with Crippen LogP contribution in [0.4, 0.5) is 5.69 Å². The van der Waals surface area contributed by atoms with E-state index in [1.807, 2.05) is 38.1 Å². The maximum atomic E-state index is 11.6. The van der Waals surface area contributed by atoms with Gasteiger partial charge in [0.2, 0.25) is 5.76 Å². The highest BCUT2D eigenvalue weighted by Gasteiger charge is 2.14. The number of carbonyl (C=O) groups is 1. The van der Waals surface area contributed by atoms with Crippen LogP contribution in [-0.2, 0) is 14.3 Å². The van der Waals surface area contributed by atoms with Crippen LogP contribution in [-0.4, -0.2) is 45.5 Å². The van der Waals surface area contributed by atoms with Gasteiger partial charge in [-0.1, -0.05) is 6.07 Å². The first-order chi connectivity index (χ1) is 9.97. The van der Waals surface area contributed by atoms with E-state index in [2.05, 4.69) is 9.73 Å². The Balaban J connectivity index is 3.03. The van der Waals surface area contributed by atoms with Gasteiger partial charge in [-0.15, -0.1) is 0 Å². The zero-order valence-electron chi connectivity index (χ0n) is 12.9. The zero-order valence-corrected chi connectivity index (χ0v) is 12.9. The molecule has 0 spiro atoms. The molecule has 0 heterocycles. The number of ether oxygens (including phenoxy) is 3. The Bertz CT molecular complexity index is 551. The highest BCUT2D eigenvalue weighted by molar-refractivity contribution is 5.86. The average Bonchev–Trinajstić information content (AvgIpc) is 2.46. The normalized spacial score (nSPS) is 11.4. The van der Waals surface area contributed by atoms with Crippen molar-refractivity contribution in [3.63, 3.8) is 0 Å².